The van der Waals surface area contributed by atoms with Gasteiger partial charge in [0.25, 0.3) is 11.8 Å². The van der Waals surface area contributed by atoms with Gasteiger partial charge in [-0.1, -0.05) is 24.3 Å². The molecule has 1 aromatic carbocycles. The van der Waals surface area contributed by atoms with E-state index in [1.165, 1.54) is 21.8 Å². The monoisotopic (exact) mass is 511 g/mol. The van der Waals surface area contributed by atoms with E-state index < -0.39 is 42.5 Å². The summed E-state index contributed by atoms with van der Waals surface area (Å²) >= 11 is 0.776. The van der Waals surface area contributed by atoms with Crippen molar-refractivity contribution in [2.24, 2.45) is 12.8 Å². The topological polar surface area (TPSA) is 115 Å². The summed E-state index contributed by atoms with van der Waals surface area (Å²) in [5.74, 6) is -5.09. The summed E-state index contributed by atoms with van der Waals surface area (Å²) in [5.41, 5.74) is 11.6. The van der Waals surface area contributed by atoms with Gasteiger partial charge in [-0.15, -0.1) is 0 Å². The minimum Gasteiger partial charge on any atom is -0.389 e. The molecule has 1 atom stereocenters. The van der Waals surface area contributed by atoms with Crippen LogP contribution in [-0.4, -0.2) is 45.7 Å². The summed E-state index contributed by atoms with van der Waals surface area (Å²) in [6.07, 6.45) is 1.57. The normalized spacial score (nSPS) is 17.9. The zero-order chi connectivity index (χ0) is 25.5. The number of hydrogen-bond donors (Lipinski definition) is 3. The van der Waals surface area contributed by atoms with Crippen molar-refractivity contribution in [3.05, 3.63) is 41.2 Å². The highest BCUT2D eigenvalue weighted by Gasteiger charge is 2.38. The van der Waals surface area contributed by atoms with Crippen LogP contribution in [0.5, 0.6) is 0 Å². The molecule has 4 rings (SSSR count). The summed E-state index contributed by atoms with van der Waals surface area (Å²) < 4.78 is 59.3. The number of aryl methyl sites for hydroxylation is 2. The average Bonchev–Trinajstić information content (AvgIpc) is 3.29. The van der Waals surface area contributed by atoms with E-state index in [1.54, 1.807) is 14.0 Å². The van der Waals surface area contributed by atoms with Gasteiger partial charge in [-0.2, -0.15) is 5.10 Å². The van der Waals surface area contributed by atoms with Crippen LogP contribution in [0.15, 0.2) is 18.3 Å². The first-order chi connectivity index (χ1) is 16.5. The molecule has 3 aromatic rings. The van der Waals surface area contributed by atoms with Gasteiger partial charge in [0.15, 0.2) is 11.5 Å². The van der Waals surface area contributed by atoms with E-state index >= 15 is 0 Å². The van der Waals surface area contributed by atoms with Crippen molar-refractivity contribution in [3.8, 4) is 10.6 Å². The molecule has 188 valence electrons. The van der Waals surface area contributed by atoms with Gasteiger partial charge in [0.2, 0.25) is 0 Å². The fraction of sp³-hybridized carbons (Fsp3) is 0.409. The van der Waals surface area contributed by atoms with Crippen molar-refractivity contribution in [3.63, 3.8) is 0 Å². The molecule has 35 heavy (non-hydrogen) atoms. The molecule has 13 heteroatoms. The van der Waals surface area contributed by atoms with Crippen LogP contribution in [0.25, 0.3) is 10.6 Å². The number of anilines is 3. The van der Waals surface area contributed by atoms with E-state index in [-0.39, 0.29) is 39.3 Å². The number of nitrogens with one attached hydrogen (secondary N) is 1. The summed E-state index contributed by atoms with van der Waals surface area (Å²) in [7, 11) is 1.57. The molecule has 0 aliphatic carbocycles. The number of halogens is 4. The first-order valence-corrected chi connectivity index (χ1v) is 11.8. The molecule has 1 fully saturated rings. The molecule has 0 saturated carbocycles. The van der Waals surface area contributed by atoms with Crippen LogP contribution < -0.4 is 21.7 Å². The highest BCUT2D eigenvalue weighted by atomic mass is 32.1. The Kier molecular flexibility index (Phi) is 6.73. The van der Waals surface area contributed by atoms with Gasteiger partial charge in [0, 0.05) is 26.1 Å². The van der Waals surface area contributed by atoms with Crippen molar-refractivity contribution in [2.45, 2.75) is 38.2 Å². The third kappa shape index (κ3) is 4.96. The van der Waals surface area contributed by atoms with Crippen molar-refractivity contribution < 1.29 is 22.4 Å². The highest BCUT2D eigenvalue weighted by Crippen LogP contribution is 2.36. The molecular weight excluding hydrogens is 486 g/mol. The van der Waals surface area contributed by atoms with Crippen LogP contribution in [0.4, 0.5) is 34.1 Å². The number of nitrogen functional groups attached to an aromatic ring is 1. The lowest BCUT2D eigenvalue weighted by Crippen LogP contribution is -2.37. The Balaban J connectivity index is 1.63. The number of alkyl halides is 2. The smallest absolute Gasteiger partial charge is 0.277 e. The van der Waals surface area contributed by atoms with Crippen LogP contribution in [0.1, 0.15) is 35.8 Å². The Hall–Kier alpha value is -3.19. The molecule has 5 N–H and O–H groups in total. The maximum Gasteiger partial charge on any atom is 0.277 e. The second kappa shape index (κ2) is 9.46. The number of hydrogen-bond acceptors (Lipinski definition) is 7. The molecule has 1 aliphatic rings. The highest BCUT2D eigenvalue weighted by molar-refractivity contribution is 7.19. The lowest BCUT2D eigenvalue weighted by atomic mass is 10.1. The number of nitrogens with zero attached hydrogens (tertiary/aromatic N) is 4. The third-order valence-corrected chi connectivity index (χ3v) is 6.74. The van der Waals surface area contributed by atoms with Gasteiger partial charge >= 0.3 is 0 Å². The van der Waals surface area contributed by atoms with Gasteiger partial charge in [0.1, 0.15) is 27.3 Å². The average molecular weight is 512 g/mol. The first-order valence-electron chi connectivity index (χ1n) is 11.0. The largest absolute Gasteiger partial charge is 0.389 e. The molecule has 0 radical (unpaired) electrons. The number of amides is 1. The Morgan fingerprint density at radius 3 is 2.80 bits per heavy atom. The van der Waals surface area contributed by atoms with Crippen molar-refractivity contribution in [1.82, 2.24) is 14.8 Å². The van der Waals surface area contributed by atoms with E-state index in [0.29, 0.717) is 18.4 Å². The van der Waals surface area contributed by atoms with E-state index in [4.69, 9.17) is 11.5 Å². The van der Waals surface area contributed by atoms with Crippen LogP contribution in [0, 0.1) is 11.6 Å². The Labute approximate surface area is 202 Å². The maximum absolute atomic E-state index is 14.8. The lowest BCUT2D eigenvalue weighted by molar-refractivity contribution is -0.000527. The quantitative estimate of drug-likeness (QED) is 0.449. The molecule has 3 heterocycles. The maximum atomic E-state index is 14.8. The van der Waals surface area contributed by atoms with Crippen LogP contribution in [0.2, 0.25) is 0 Å². The first kappa shape index (κ1) is 24.9. The third-order valence-electron chi connectivity index (χ3n) is 5.84. The number of thiazole rings is 1. The number of carbonyl (C=O) groups excluding carboxylic acids is 1. The molecular formula is C22H25F4N7OS. The van der Waals surface area contributed by atoms with E-state index in [1.807, 2.05) is 0 Å². The standard InChI is InChI=1S/C22H25F4N7OS/c1-3-11-4-5-13(23)15(16(11)24)20-31-17(18(28)35-20)19(34)30-14-9-29-32(2)21(14)33-7-6-12(27)8-22(25,26)10-33/h4-5,9,12H,3,6-8,10,27-28H2,1-2H3,(H,30,34). The molecule has 1 saturated heterocycles. The molecule has 8 nitrogen and oxygen atoms in total. The minimum atomic E-state index is -3.02. The summed E-state index contributed by atoms with van der Waals surface area (Å²) in [6.45, 7) is 1.39. The van der Waals surface area contributed by atoms with Crippen molar-refractivity contribution >= 4 is 33.8 Å². The molecule has 1 amide bonds. The summed E-state index contributed by atoms with van der Waals surface area (Å²) in [4.78, 5) is 18.5. The second-order valence-corrected chi connectivity index (χ2v) is 9.50. The van der Waals surface area contributed by atoms with Crippen molar-refractivity contribution in [2.75, 3.05) is 29.0 Å². The fourth-order valence-corrected chi connectivity index (χ4v) is 5.02. The fourth-order valence-electron chi connectivity index (χ4n) is 4.15. The van der Waals surface area contributed by atoms with Gasteiger partial charge in [-0.25, -0.2) is 22.5 Å². The number of rotatable bonds is 5. The number of nitrogens with two attached hydrogens (primary N) is 2. The summed E-state index contributed by atoms with van der Waals surface area (Å²) in [5, 5.41) is 6.56. The van der Waals surface area contributed by atoms with E-state index in [2.05, 4.69) is 15.4 Å². The summed E-state index contributed by atoms with van der Waals surface area (Å²) in [6, 6.07) is 1.84. The number of carbonyl (C=O) groups is 1. The van der Waals surface area contributed by atoms with Crippen LogP contribution in [0.3, 0.4) is 0 Å². The Bertz CT molecular complexity index is 1260. The van der Waals surface area contributed by atoms with Crippen LogP contribution in [-0.2, 0) is 13.5 Å². The SMILES string of the molecule is CCc1ccc(F)c(-c2nc(C(=O)Nc3cnn(C)c3N3CCC(N)CC(F)(F)C3)c(N)s2)c1F. The lowest BCUT2D eigenvalue weighted by Gasteiger charge is -2.26. The number of benzene rings is 1. The van der Waals surface area contributed by atoms with Crippen molar-refractivity contribution in [1.29, 1.82) is 0 Å². The second-order valence-electron chi connectivity index (χ2n) is 8.47. The van der Waals surface area contributed by atoms with E-state index in [9.17, 15) is 22.4 Å². The number of aromatic nitrogens is 3. The predicted octanol–water partition coefficient (Wildman–Crippen LogP) is 3.78. The minimum absolute atomic E-state index is 0.0454. The molecule has 0 spiro atoms. The Morgan fingerprint density at radius 1 is 1.34 bits per heavy atom. The molecule has 1 unspecified atom stereocenters. The van der Waals surface area contributed by atoms with E-state index in [0.717, 1.165) is 17.4 Å². The van der Waals surface area contributed by atoms with Gasteiger partial charge in [-0.05, 0) is 24.5 Å². The Morgan fingerprint density at radius 2 is 2.09 bits per heavy atom. The van der Waals surface area contributed by atoms with Gasteiger partial charge in [0.05, 0.1) is 18.3 Å². The molecule has 2 aromatic heterocycles. The van der Waals surface area contributed by atoms with Gasteiger partial charge in [-0.3, -0.25) is 9.48 Å². The predicted molar refractivity (Wildman–Crippen MR) is 127 cm³/mol. The van der Waals surface area contributed by atoms with Crippen LogP contribution >= 0.6 is 11.3 Å². The molecule has 0 bridgehead atoms. The zero-order valence-electron chi connectivity index (χ0n) is 19.1. The zero-order valence-corrected chi connectivity index (χ0v) is 19.9. The van der Waals surface area contributed by atoms with Gasteiger partial charge < -0.3 is 21.7 Å². The molecule has 1 aliphatic heterocycles.